The van der Waals surface area contributed by atoms with Gasteiger partial charge in [0.05, 0.1) is 19.4 Å². The van der Waals surface area contributed by atoms with Crippen molar-refractivity contribution in [1.82, 2.24) is 0 Å². The van der Waals surface area contributed by atoms with Gasteiger partial charge in [-0.2, -0.15) is 0 Å². The third kappa shape index (κ3) is 7.03. The molecule has 0 rings (SSSR count). The monoisotopic (exact) mass is 282 g/mol. The maximum atomic E-state index is 11.0. The van der Waals surface area contributed by atoms with E-state index in [9.17, 15) is 24.9 Å². The lowest BCUT2D eigenvalue weighted by Crippen LogP contribution is -2.47. The maximum Gasteiger partial charge on any atom is 0.306 e. The van der Waals surface area contributed by atoms with Crippen LogP contribution in [0.15, 0.2) is 0 Å². The third-order valence-electron chi connectivity index (χ3n) is 2.28. The summed E-state index contributed by atoms with van der Waals surface area (Å²) < 4.78 is 4.47. The van der Waals surface area contributed by atoms with E-state index in [1.807, 2.05) is 0 Å². The SMILES string of the molecule is O=C(O)CCC(=O)OCC(O)C(O)C(O)C(O)CO. The summed E-state index contributed by atoms with van der Waals surface area (Å²) in [4.78, 5) is 21.2. The lowest BCUT2D eigenvalue weighted by molar-refractivity contribution is -0.157. The van der Waals surface area contributed by atoms with Crippen molar-refractivity contribution in [2.45, 2.75) is 37.3 Å². The molecule has 4 atom stereocenters. The van der Waals surface area contributed by atoms with Crippen LogP contribution in [0.4, 0.5) is 0 Å². The number of hydrogen-bond acceptors (Lipinski definition) is 8. The van der Waals surface area contributed by atoms with Gasteiger partial charge in [0.2, 0.25) is 0 Å². The van der Waals surface area contributed by atoms with Crippen LogP contribution in [0.5, 0.6) is 0 Å². The molecule has 0 aromatic carbocycles. The Kier molecular flexibility index (Phi) is 8.19. The Morgan fingerprint density at radius 2 is 1.47 bits per heavy atom. The summed E-state index contributed by atoms with van der Waals surface area (Å²) in [6.07, 6.45) is -7.77. The van der Waals surface area contributed by atoms with Gasteiger partial charge in [0, 0.05) is 0 Å². The average Bonchev–Trinajstić information content (AvgIpc) is 2.39. The highest BCUT2D eigenvalue weighted by Gasteiger charge is 2.30. The number of carbonyl (C=O) groups is 2. The summed E-state index contributed by atoms with van der Waals surface area (Å²) in [6.45, 7) is -1.49. The van der Waals surface area contributed by atoms with Gasteiger partial charge in [-0.25, -0.2) is 0 Å². The molecule has 0 aromatic rings. The van der Waals surface area contributed by atoms with Gasteiger partial charge >= 0.3 is 11.9 Å². The molecule has 0 aliphatic heterocycles. The number of rotatable bonds is 9. The van der Waals surface area contributed by atoms with Gasteiger partial charge in [-0.15, -0.1) is 0 Å². The first kappa shape index (κ1) is 17.7. The van der Waals surface area contributed by atoms with Crippen LogP contribution in [-0.2, 0) is 14.3 Å². The Morgan fingerprint density at radius 1 is 0.947 bits per heavy atom. The number of carboxylic acids is 1. The van der Waals surface area contributed by atoms with Crippen molar-refractivity contribution in [2.24, 2.45) is 0 Å². The zero-order valence-corrected chi connectivity index (χ0v) is 10.0. The van der Waals surface area contributed by atoms with E-state index in [0.29, 0.717) is 0 Å². The van der Waals surface area contributed by atoms with Crippen molar-refractivity contribution in [3.63, 3.8) is 0 Å². The average molecular weight is 282 g/mol. The van der Waals surface area contributed by atoms with Crippen molar-refractivity contribution < 1.29 is 45.0 Å². The molecule has 0 saturated heterocycles. The largest absolute Gasteiger partial charge is 0.481 e. The van der Waals surface area contributed by atoms with Crippen molar-refractivity contribution in [3.05, 3.63) is 0 Å². The zero-order valence-electron chi connectivity index (χ0n) is 10.0. The van der Waals surface area contributed by atoms with Crippen LogP contribution in [-0.4, -0.2) is 80.2 Å². The number of carbonyl (C=O) groups excluding carboxylic acids is 1. The van der Waals surface area contributed by atoms with Crippen LogP contribution in [0.3, 0.4) is 0 Å². The first-order chi connectivity index (χ1) is 8.79. The number of aliphatic carboxylic acids is 1. The minimum atomic E-state index is -1.82. The van der Waals surface area contributed by atoms with Gasteiger partial charge < -0.3 is 35.4 Å². The topological polar surface area (TPSA) is 165 Å². The fourth-order valence-electron chi connectivity index (χ4n) is 1.12. The highest BCUT2D eigenvalue weighted by molar-refractivity contribution is 5.76. The van der Waals surface area contributed by atoms with Crippen molar-refractivity contribution in [3.8, 4) is 0 Å². The first-order valence-electron chi connectivity index (χ1n) is 5.50. The van der Waals surface area contributed by atoms with E-state index in [0.717, 1.165) is 0 Å². The molecular formula is C10H18O9. The van der Waals surface area contributed by atoms with Gasteiger partial charge in [0.1, 0.15) is 31.0 Å². The summed E-state index contributed by atoms with van der Waals surface area (Å²) in [6, 6.07) is 0. The zero-order chi connectivity index (χ0) is 15.0. The predicted molar refractivity (Wildman–Crippen MR) is 58.9 cm³/mol. The highest BCUT2D eigenvalue weighted by atomic mass is 16.5. The van der Waals surface area contributed by atoms with Crippen LogP contribution in [0.1, 0.15) is 12.8 Å². The normalized spacial score (nSPS) is 17.3. The number of carboxylic acid groups (broad SMARTS) is 1. The Labute approximate surface area is 108 Å². The minimum Gasteiger partial charge on any atom is -0.481 e. The fourth-order valence-corrected chi connectivity index (χ4v) is 1.12. The molecule has 0 aliphatic carbocycles. The van der Waals surface area contributed by atoms with Crippen LogP contribution in [0.2, 0.25) is 0 Å². The number of aliphatic hydroxyl groups is 5. The highest BCUT2D eigenvalue weighted by Crippen LogP contribution is 2.06. The molecule has 4 unspecified atom stereocenters. The Morgan fingerprint density at radius 3 is 1.95 bits per heavy atom. The standard InChI is InChI=1S/C10H18O9/c11-3-5(12)9(17)10(18)6(13)4-19-8(16)2-1-7(14)15/h5-6,9-13,17-18H,1-4H2,(H,14,15). The molecule has 6 N–H and O–H groups in total. The second kappa shape index (κ2) is 8.77. The second-order valence-electron chi connectivity index (χ2n) is 3.88. The summed E-state index contributed by atoms with van der Waals surface area (Å²) >= 11 is 0. The molecular weight excluding hydrogens is 264 g/mol. The van der Waals surface area contributed by atoms with Crippen LogP contribution >= 0.6 is 0 Å². The van der Waals surface area contributed by atoms with Gasteiger partial charge in [0.15, 0.2) is 0 Å². The molecule has 9 heteroatoms. The number of ether oxygens (including phenoxy) is 1. The molecule has 0 saturated carbocycles. The number of hydrogen-bond donors (Lipinski definition) is 6. The first-order valence-corrected chi connectivity index (χ1v) is 5.50. The summed E-state index contributed by atoms with van der Waals surface area (Å²) in [7, 11) is 0. The second-order valence-corrected chi connectivity index (χ2v) is 3.88. The molecule has 0 aromatic heterocycles. The summed E-state index contributed by atoms with van der Waals surface area (Å²) in [5.74, 6) is -2.06. The van der Waals surface area contributed by atoms with Gasteiger partial charge in [0.25, 0.3) is 0 Å². The number of aliphatic hydroxyl groups excluding tert-OH is 5. The quantitative estimate of drug-likeness (QED) is 0.239. The molecule has 0 amide bonds. The lowest BCUT2D eigenvalue weighted by Gasteiger charge is -2.25. The molecule has 0 spiro atoms. The van der Waals surface area contributed by atoms with E-state index in [2.05, 4.69) is 4.74 Å². The van der Waals surface area contributed by atoms with Crippen molar-refractivity contribution >= 4 is 11.9 Å². The van der Waals surface area contributed by atoms with E-state index in [4.69, 9.17) is 15.3 Å². The maximum absolute atomic E-state index is 11.0. The van der Waals surface area contributed by atoms with Gasteiger partial charge in [-0.05, 0) is 0 Å². The third-order valence-corrected chi connectivity index (χ3v) is 2.28. The molecule has 112 valence electrons. The fraction of sp³-hybridized carbons (Fsp3) is 0.800. The van der Waals surface area contributed by atoms with E-state index >= 15 is 0 Å². The van der Waals surface area contributed by atoms with Crippen molar-refractivity contribution in [1.29, 1.82) is 0 Å². The van der Waals surface area contributed by atoms with Crippen LogP contribution in [0, 0.1) is 0 Å². The lowest BCUT2D eigenvalue weighted by atomic mass is 10.0. The van der Waals surface area contributed by atoms with E-state index < -0.39 is 56.0 Å². The summed E-state index contributed by atoms with van der Waals surface area (Å²) in [5.41, 5.74) is 0. The van der Waals surface area contributed by atoms with E-state index in [-0.39, 0.29) is 6.42 Å². The smallest absolute Gasteiger partial charge is 0.306 e. The predicted octanol–water partition coefficient (Wildman–Crippen LogP) is -3.17. The molecule has 0 radical (unpaired) electrons. The Balaban J connectivity index is 4.05. The molecule has 0 heterocycles. The molecule has 0 aliphatic rings. The van der Waals surface area contributed by atoms with Crippen LogP contribution in [0.25, 0.3) is 0 Å². The molecule has 9 nitrogen and oxygen atoms in total. The minimum absolute atomic E-state index is 0.389. The number of esters is 1. The Hall–Kier alpha value is -1.26. The van der Waals surface area contributed by atoms with Gasteiger partial charge in [-0.3, -0.25) is 9.59 Å². The molecule has 0 bridgehead atoms. The Bertz CT molecular complexity index is 293. The van der Waals surface area contributed by atoms with E-state index in [1.165, 1.54) is 0 Å². The molecule has 19 heavy (non-hydrogen) atoms. The molecule has 0 fully saturated rings. The van der Waals surface area contributed by atoms with Gasteiger partial charge in [-0.1, -0.05) is 0 Å². The van der Waals surface area contributed by atoms with Crippen molar-refractivity contribution in [2.75, 3.05) is 13.2 Å². The van der Waals surface area contributed by atoms with E-state index in [1.54, 1.807) is 0 Å². The summed E-state index contributed by atoms with van der Waals surface area (Å²) in [5, 5.41) is 53.8. The van der Waals surface area contributed by atoms with Crippen LogP contribution < -0.4 is 0 Å².